The van der Waals surface area contributed by atoms with Crippen LogP contribution in [0.5, 0.6) is 0 Å². The van der Waals surface area contributed by atoms with Crippen molar-refractivity contribution in [3.05, 3.63) is 41.8 Å². The van der Waals surface area contributed by atoms with Crippen LogP contribution in [0, 0.1) is 17.1 Å². The highest BCUT2D eigenvalue weighted by Crippen LogP contribution is 2.13. The number of urea groups is 1. The Hall–Kier alpha value is -2.88. The number of nitrogens with zero attached hydrogens (tertiary/aromatic N) is 3. The van der Waals surface area contributed by atoms with Crippen molar-refractivity contribution in [3.63, 3.8) is 0 Å². The molecule has 96 valence electrons. The molecule has 7 heteroatoms. The number of carbonyl (C=O) groups is 1. The molecule has 0 radical (unpaired) electrons. The summed E-state index contributed by atoms with van der Waals surface area (Å²) in [6.07, 6.45) is 1.48. The number of halogens is 1. The molecular formula is C12H10FN5O. The van der Waals surface area contributed by atoms with Crippen molar-refractivity contribution in [2.75, 3.05) is 10.6 Å². The predicted octanol–water partition coefficient (Wildman–Crippen LogP) is 2.07. The van der Waals surface area contributed by atoms with Crippen LogP contribution in [0.2, 0.25) is 0 Å². The first-order chi connectivity index (χ1) is 9.08. The van der Waals surface area contributed by atoms with E-state index in [4.69, 9.17) is 5.26 Å². The summed E-state index contributed by atoms with van der Waals surface area (Å²) in [5, 5.41) is 17.6. The largest absolute Gasteiger partial charge is 0.324 e. The Bertz CT molecular complexity index is 658. The van der Waals surface area contributed by atoms with E-state index in [1.54, 1.807) is 13.1 Å². The van der Waals surface area contributed by atoms with E-state index >= 15 is 0 Å². The van der Waals surface area contributed by atoms with Gasteiger partial charge in [-0.05, 0) is 18.2 Å². The SMILES string of the molecule is Cn1cc(C#N)c(NC(=O)Nc2cccc(F)c2)n1. The Labute approximate surface area is 108 Å². The van der Waals surface area contributed by atoms with Crippen LogP contribution in [-0.4, -0.2) is 15.8 Å². The van der Waals surface area contributed by atoms with Gasteiger partial charge in [-0.25, -0.2) is 9.18 Å². The van der Waals surface area contributed by atoms with Gasteiger partial charge in [0.05, 0.1) is 0 Å². The van der Waals surface area contributed by atoms with E-state index in [1.165, 1.54) is 29.1 Å². The summed E-state index contributed by atoms with van der Waals surface area (Å²) in [4.78, 5) is 11.7. The van der Waals surface area contributed by atoms with Crippen molar-refractivity contribution < 1.29 is 9.18 Å². The fourth-order valence-electron chi connectivity index (χ4n) is 1.50. The van der Waals surface area contributed by atoms with E-state index in [0.717, 1.165) is 0 Å². The van der Waals surface area contributed by atoms with Crippen LogP contribution in [0.4, 0.5) is 20.7 Å². The quantitative estimate of drug-likeness (QED) is 0.866. The molecule has 0 fully saturated rings. The fourth-order valence-corrected chi connectivity index (χ4v) is 1.50. The van der Waals surface area contributed by atoms with E-state index in [-0.39, 0.29) is 11.4 Å². The molecule has 0 aliphatic rings. The molecule has 0 bridgehead atoms. The van der Waals surface area contributed by atoms with Crippen LogP contribution >= 0.6 is 0 Å². The van der Waals surface area contributed by atoms with E-state index < -0.39 is 11.8 Å². The number of nitriles is 1. The number of benzene rings is 1. The maximum absolute atomic E-state index is 12.9. The van der Waals surface area contributed by atoms with Crippen molar-refractivity contribution in [1.29, 1.82) is 5.26 Å². The van der Waals surface area contributed by atoms with Crippen LogP contribution in [0.1, 0.15) is 5.56 Å². The third kappa shape index (κ3) is 3.07. The van der Waals surface area contributed by atoms with Gasteiger partial charge in [0.2, 0.25) is 0 Å². The summed E-state index contributed by atoms with van der Waals surface area (Å²) in [5.74, 6) is -0.299. The van der Waals surface area contributed by atoms with Crippen LogP contribution in [0.25, 0.3) is 0 Å². The molecule has 0 spiro atoms. The lowest BCUT2D eigenvalue weighted by Crippen LogP contribution is -2.20. The van der Waals surface area contributed by atoms with Gasteiger partial charge in [-0.2, -0.15) is 10.4 Å². The zero-order valence-corrected chi connectivity index (χ0v) is 10.0. The summed E-state index contributed by atoms with van der Waals surface area (Å²) < 4.78 is 14.3. The molecule has 19 heavy (non-hydrogen) atoms. The average molecular weight is 259 g/mol. The molecule has 2 amide bonds. The molecule has 0 aliphatic carbocycles. The van der Waals surface area contributed by atoms with Crippen molar-refractivity contribution in [1.82, 2.24) is 9.78 Å². The van der Waals surface area contributed by atoms with Gasteiger partial charge in [-0.15, -0.1) is 0 Å². The Kier molecular flexibility index (Phi) is 3.43. The smallest absolute Gasteiger partial charge is 0.308 e. The highest BCUT2D eigenvalue weighted by atomic mass is 19.1. The standard InChI is InChI=1S/C12H10FN5O/c1-18-7-8(6-14)11(17-18)16-12(19)15-10-4-2-3-9(13)5-10/h2-5,7H,1H3,(H2,15,16,17,19). The van der Waals surface area contributed by atoms with Crippen LogP contribution in [0.15, 0.2) is 30.5 Å². The molecule has 6 nitrogen and oxygen atoms in total. The first-order valence-corrected chi connectivity index (χ1v) is 5.36. The van der Waals surface area contributed by atoms with Crippen LogP contribution in [-0.2, 0) is 7.05 Å². The molecule has 0 atom stereocenters. The number of carbonyl (C=O) groups excluding carboxylic acids is 1. The highest BCUT2D eigenvalue weighted by molar-refractivity contribution is 5.99. The number of aryl methyl sites for hydroxylation is 1. The van der Waals surface area contributed by atoms with Crippen LogP contribution < -0.4 is 10.6 Å². The van der Waals surface area contributed by atoms with Crippen molar-refractivity contribution in [3.8, 4) is 6.07 Å². The Balaban J connectivity index is 2.08. The van der Waals surface area contributed by atoms with E-state index in [9.17, 15) is 9.18 Å². The molecule has 1 aromatic carbocycles. The van der Waals surface area contributed by atoms with Gasteiger partial charge in [0.15, 0.2) is 5.82 Å². The number of aromatic nitrogens is 2. The van der Waals surface area contributed by atoms with Gasteiger partial charge in [0.1, 0.15) is 17.4 Å². The maximum Gasteiger partial charge on any atom is 0.324 e. The molecule has 2 N–H and O–H groups in total. The molecule has 2 aromatic rings. The Morgan fingerprint density at radius 1 is 1.47 bits per heavy atom. The lowest BCUT2D eigenvalue weighted by molar-refractivity contribution is 0.262. The second-order valence-electron chi connectivity index (χ2n) is 3.77. The molecule has 0 aliphatic heterocycles. The topological polar surface area (TPSA) is 82.7 Å². The molecule has 1 aromatic heterocycles. The van der Waals surface area contributed by atoms with E-state index in [2.05, 4.69) is 15.7 Å². The lowest BCUT2D eigenvalue weighted by atomic mass is 10.3. The number of nitrogens with one attached hydrogen (secondary N) is 2. The molecule has 1 heterocycles. The molecular weight excluding hydrogens is 249 g/mol. The van der Waals surface area contributed by atoms with Crippen LogP contribution in [0.3, 0.4) is 0 Å². The minimum atomic E-state index is -0.596. The number of amides is 2. The maximum atomic E-state index is 12.9. The third-order valence-electron chi connectivity index (χ3n) is 2.26. The minimum Gasteiger partial charge on any atom is -0.308 e. The minimum absolute atomic E-state index is 0.152. The monoisotopic (exact) mass is 259 g/mol. The van der Waals surface area contributed by atoms with Crippen molar-refractivity contribution in [2.45, 2.75) is 0 Å². The molecule has 0 saturated carbocycles. The first-order valence-electron chi connectivity index (χ1n) is 5.36. The van der Waals surface area contributed by atoms with Crippen molar-refractivity contribution >= 4 is 17.5 Å². The fraction of sp³-hybridized carbons (Fsp3) is 0.0833. The van der Waals surface area contributed by atoms with Gasteiger partial charge < -0.3 is 5.32 Å². The predicted molar refractivity (Wildman–Crippen MR) is 67.0 cm³/mol. The molecule has 0 saturated heterocycles. The lowest BCUT2D eigenvalue weighted by Gasteiger charge is -2.05. The summed E-state index contributed by atoms with van der Waals surface area (Å²) in [5.41, 5.74) is 0.559. The molecule has 0 unspecified atom stereocenters. The zero-order chi connectivity index (χ0) is 13.8. The van der Waals surface area contributed by atoms with Gasteiger partial charge in [0, 0.05) is 18.9 Å². The van der Waals surface area contributed by atoms with Gasteiger partial charge in [0.25, 0.3) is 0 Å². The van der Waals surface area contributed by atoms with E-state index in [0.29, 0.717) is 5.69 Å². The second kappa shape index (κ2) is 5.18. The van der Waals surface area contributed by atoms with Gasteiger partial charge >= 0.3 is 6.03 Å². The summed E-state index contributed by atoms with van der Waals surface area (Å²) >= 11 is 0. The zero-order valence-electron chi connectivity index (χ0n) is 10.0. The second-order valence-corrected chi connectivity index (χ2v) is 3.77. The van der Waals surface area contributed by atoms with E-state index in [1.807, 2.05) is 6.07 Å². The third-order valence-corrected chi connectivity index (χ3v) is 2.26. The Morgan fingerprint density at radius 3 is 2.95 bits per heavy atom. The summed E-state index contributed by atoms with van der Waals surface area (Å²) in [6.45, 7) is 0. The average Bonchev–Trinajstić information content (AvgIpc) is 2.69. The Morgan fingerprint density at radius 2 is 2.26 bits per heavy atom. The summed E-state index contributed by atoms with van der Waals surface area (Å²) in [6, 6.07) is 6.80. The first kappa shape index (κ1) is 12.6. The van der Waals surface area contributed by atoms with Crippen molar-refractivity contribution in [2.24, 2.45) is 7.05 Å². The summed E-state index contributed by atoms with van der Waals surface area (Å²) in [7, 11) is 1.64. The number of hydrogen-bond acceptors (Lipinski definition) is 3. The number of hydrogen-bond donors (Lipinski definition) is 2. The molecule has 2 rings (SSSR count). The number of anilines is 2. The van der Waals surface area contributed by atoms with Gasteiger partial charge in [-0.3, -0.25) is 10.00 Å². The van der Waals surface area contributed by atoms with Gasteiger partial charge in [-0.1, -0.05) is 6.07 Å². The normalized spacial score (nSPS) is 9.74. The number of rotatable bonds is 2. The highest BCUT2D eigenvalue weighted by Gasteiger charge is 2.10.